The quantitative estimate of drug-likeness (QED) is 0.402. The maximum atomic E-state index is 13.8. The molecule has 0 atom stereocenters. The van der Waals surface area contributed by atoms with Gasteiger partial charge in [-0.1, -0.05) is 31.5 Å². The minimum absolute atomic E-state index is 0.160. The number of nitrogens with zero attached hydrogens (tertiary/aromatic N) is 3. The number of urea groups is 1. The summed E-state index contributed by atoms with van der Waals surface area (Å²) in [5.41, 5.74) is 2.26. The zero-order chi connectivity index (χ0) is 26.4. The molecular formula is C27H33N3O6. The largest absolute Gasteiger partial charge is 0.494 e. The topological polar surface area (TPSA) is 90.3 Å². The van der Waals surface area contributed by atoms with Gasteiger partial charge in [-0.2, -0.15) is 0 Å². The third kappa shape index (κ3) is 5.30. The van der Waals surface area contributed by atoms with Gasteiger partial charge in [0.1, 0.15) is 29.4 Å². The number of imide groups is 1. The molecule has 0 unspecified atom stereocenters. The highest BCUT2D eigenvalue weighted by Gasteiger charge is 2.31. The Morgan fingerprint density at radius 3 is 2.19 bits per heavy atom. The smallest absolute Gasteiger partial charge is 0.331 e. The molecule has 0 bridgehead atoms. The van der Waals surface area contributed by atoms with Crippen molar-refractivity contribution in [3.8, 4) is 11.5 Å². The van der Waals surface area contributed by atoms with Gasteiger partial charge in [-0.15, -0.1) is 0 Å². The van der Waals surface area contributed by atoms with E-state index in [4.69, 9.17) is 14.2 Å². The van der Waals surface area contributed by atoms with Gasteiger partial charge in [0.25, 0.3) is 5.91 Å². The summed E-state index contributed by atoms with van der Waals surface area (Å²) in [5.74, 6) is -0.112. The van der Waals surface area contributed by atoms with Crippen molar-refractivity contribution in [3.63, 3.8) is 0 Å². The van der Waals surface area contributed by atoms with Gasteiger partial charge < -0.3 is 18.8 Å². The number of methoxy groups -OCH3 is 3. The molecule has 192 valence electrons. The highest BCUT2D eigenvalue weighted by Crippen LogP contribution is 2.40. The molecule has 1 heterocycles. The minimum Gasteiger partial charge on any atom is -0.494 e. The third-order valence-electron chi connectivity index (χ3n) is 6.00. The molecule has 0 N–H and O–H groups in total. The number of para-hydroxylation sites is 1. The number of carbonyl (C=O) groups is 3. The Bertz CT molecular complexity index is 1240. The van der Waals surface area contributed by atoms with E-state index in [0.29, 0.717) is 35.7 Å². The van der Waals surface area contributed by atoms with Crippen molar-refractivity contribution < 1.29 is 28.6 Å². The van der Waals surface area contributed by atoms with Crippen LogP contribution >= 0.6 is 0 Å². The van der Waals surface area contributed by atoms with Crippen LogP contribution in [0.15, 0.2) is 42.5 Å². The number of ether oxygens (including phenoxy) is 3. The van der Waals surface area contributed by atoms with Gasteiger partial charge in [0.15, 0.2) is 0 Å². The van der Waals surface area contributed by atoms with Crippen molar-refractivity contribution in [1.29, 1.82) is 0 Å². The van der Waals surface area contributed by atoms with Crippen molar-refractivity contribution in [2.75, 3.05) is 39.8 Å². The molecule has 3 rings (SSSR count). The van der Waals surface area contributed by atoms with Crippen molar-refractivity contribution in [2.45, 2.75) is 33.2 Å². The number of aryl methyl sites for hydroxylation is 1. The van der Waals surface area contributed by atoms with Gasteiger partial charge >= 0.3 is 12.0 Å². The molecule has 1 aromatic heterocycles. The third-order valence-corrected chi connectivity index (χ3v) is 6.00. The molecule has 9 nitrogen and oxygen atoms in total. The van der Waals surface area contributed by atoms with Crippen LogP contribution in [0.2, 0.25) is 0 Å². The average molecular weight is 496 g/mol. The summed E-state index contributed by atoms with van der Waals surface area (Å²) in [6, 6.07) is 12.1. The lowest BCUT2D eigenvalue weighted by Gasteiger charge is -2.30. The van der Waals surface area contributed by atoms with Crippen molar-refractivity contribution in [1.82, 2.24) is 9.47 Å². The number of rotatable bonds is 9. The molecule has 0 aliphatic heterocycles. The molecule has 0 fully saturated rings. The van der Waals surface area contributed by atoms with E-state index in [9.17, 15) is 14.4 Å². The highest BCUT2D eigenvalue weighted by molar-refractivity contribution is 6.10. The first-order valence-corrected chi connectivity index (χ1v) is 11.7. The number of benzene rings is 2. The lowest BCUT2D eigenvalue weighted by Crippen LogP contribution is -2.45. The molecule has 36 heavy (non-hydrogen) atoms. The second-order valence-corrected chi connectivity index (χ2v) is 8.42. The van der Waals surface area contributed by atoms with E-state index < -0.39 is 17.9 Å². The number of fused-ring (bicyclic) bond motifs is 1. The second kappa shape index (κ2) is 11.6. The van der Waals surface area contributed by atoms with E-state index >= 15 is 0 Å². The second-order valence-electron chi connectivity index (χ2n) is 8.42. The van der Waals surface area contributed by atoms with Crippen LogP contribution in [0.25, 0.3) is 10.9 Å². The van der Waals surface area contributed by atoms with E-state index in [0.717, 1.165) is 22.3 Å². The normalized spacial score (nSPS) is 10.7. The molecule has 0 aliphatic carbocycles. The first-order valence-electron chi connectivity index (χ1n) is 11.7. The lowest BCUT2D eigenvalue weighted by atomic mass is 10.1. The Labute approximate surface area is 211 Å². The predicted molar refractivity (Wildman–Crippen MR) is 138 cm³/mol. The van der Waals surface area contributed by atoms with Crippen molar-refractivity contribution >= 4 is 34.5 Å². The summed E-state index contributed by atoms with van der Waals surface area (Å²) in [6.07, 6.45) is 1.54. The number of carbonyl (C=O) groups excluding carboxylic acids is 3. The van der Waals surface area contributed by atoms with Gasteiger partial charge in [0.2, 0.25) is 0 Å². The fourth-order valence-corrected chi connectivity index (χ4v) is 4.10. The van der Waals surface area contributed by atoms with Crippen LogP contribution in [0.3, 0.4) is 0 Å². The Balaban J connectivity index is 2.06. The van der Waals surface area contributed by atoms with Crippen molar-refractivity contribution in [3.05, 3.63) is 53.7 Å². The highest BCUT2D eigenvalue weighted by atomic mass is 16.5. The summed E-state index contributed by atoms with van der Waals surface area (Å²) in [7, 11) is 5.77. The summed E-state index contributed by atoms with van der Waals surface area (Å²) < 4.78 is 17.6. The number of amides is 3. The molecular weight excluding hydrogens is 462 g/mol. The van der Waals surface area contributed by atoms with Crippen LogP contribution < -0.4 is 14.4 Å². The molecule has 0 radical (unpaired) electrons. The minimum atomic E-state index is -0.549. The standard InChI is InChI=1S/C27H33N3O6/c1-7-8-13-29(25-22(34-4)14-18(2)15-23(25)35-5)27(33)28(3)26(32)21-16-19-11-9-10-12-20(19)30(21)17-24(31)36-6/h9-12,14-16H,7-8,13,17H2,1-6H3. The maximum absolute atomic E-state index is 13.8. The summed E-state index contributed by atoms with van der Waals surface area (Å²) in [5, 5.41) is 0.773. The summed E-state index contributed by atoms with van der Waals surface area (Å²) in [6.45, 7) is 4.12. The van der Waals surface area contributed by atoms with E-state index in [2.05, 4.69) is 0 Å². The fourth-order valence-electron chi connectivity index (χ4n) is 4.10. The van der Waals surface area contributed by atoms with Gasteiger partial charge in [-0.3, -0.25) is 19.4 Å². The van der Waals surface area contributed by atoms with E-state index in [1.54, 1.807) is 10.6 Å². The van der Waals surface area contributed by atoms with Crippen molar-refractivity contribution in [2.24, 2.45) is 0 Å². The first kappa shape index (κ1) is 26.6. The Kier molecular flexibility index (Phi) is 8.58. The number of hydrogen-bond acceptors (Lipinski definition) is 6. The molecule has 3 amide bonds. The Hall–Kier alpha value is -4.01. The van der Waals surface area contributed by atoms with E-state index in [1.807, 2.05) is 50.2 Å². The van der Waals surface area contributed by atoms with E-state index in [-0.39, 0.29) is 12.2 Å². The van der Waals surface area contributed by atoms with Crippen LogP contribution in [-0.2, 0) is 16.1 Å². The van der Waals surface area contributed by atoms with Crippen LogP contribution in [0.5, 0.6) is 11.5 Å². The average Bonchev–Trinajstić information content (AvgIpc) is 3.25. The lowest BCUT2D eigenvalue weighted by molar-refractivity contribution is -0.141. The van der Waals surface area contributed by atoms with Gasteiger partial charge in [-0.25, -0.2) is 4.79 Å². The van der Waals surface area contributed by atoms with Gasteiger partial charge in [-0.05, 0) is 43.2 Å². The number of unbranched alkanes of at least 4 members (excludes halogenated alkanes) is 1. The molecule has 0 aliphatic rings. The van der Waals surface area contributed by atoms with Crippen LogP contribution in [0.4, 0.5) is 10.5 Å². The molecule has 3 aromatic rings. The Morgan fingerprint density at radius 1 is 0.972 bits per heavy atom. The predicted octanol–water partition coefficient (Wildman–Crippen LogP) is 4.64. The van der Waals surface area contributed by atoms with Crippen LogP contribution in [0, 0.1) is 6.92 Å². The Morgan fingerprint density at radius 2 is 1.61 bits per heavy atom. The van der Waals surface area contributed by atoms with E-state index in [1.165, 1.54) is 33.3 Å². The monoisotopic (exact) mass is 495 g/mol. The van der Waals surface area contributed by atoms with Gasteiger partial charge in [0.05, 0.1) is 21.3 Å². The molecule has 0 spiro atoms. The zero-order valence-corrected chi connectivity index (χ0v) is 21.7. The fraction of sp³-hybridized carbons (Fsp3) is 0.370. The number of anilines is 1. The first-order chi connectivity index (χ1) is 17.3. The molecule has 0 saturated heterocycles. The SMILES string of the molecule is CCCCN(C(=O)N(C)C(=O)c1cc2ccccc2n1CC(=O)OC)c1c(OC)cc(C)cc1OC. The van der Waals surface area contributed by atoms with Crippen LogP contribution in [-0.4, -0.2) is 62.3 Å². The maximum Gasteiger partial charge on any atom is 0.331 e. The number of esters is 1. The van der Waals surface area contributed by atoms with Crippen LogP contribution in [0.1, 0.15) is 35.8 Å². The summed E-state index contributed by atoms with van der Waals surface area (Å²) >= 11 is 0. The summed E-state index contributed by atoms with van der Waals surface area (Å²) in [4.78, 5) is 42.1. The molecule has 9 heteroatoms. The zero-order valence-electron chi connectivity index (χ0n) is 21.7. The van der Waals surface area contributed by atoms with Gasteiger partial charge in [0, 0.05) is 24.5 Å². The molecule has 2 aromatic carbocycles. The number of aromatic nitrogens is 1. The molecule has 0 saturated carbocycles. The number of hydrogen-bond donors (Lipinski definition) is 0.